The van der Waals surface area contributed by atoms with E-state index >= 15 is 0 Å². The van der Waals surface area contributed by atoms with E-state index in [4.69, 9.17) is 14.2 Å². The van der Waals surface area contributed by atoms with Crippen molar-refractivity contribution in [1.29, 1.82) is 0 Å². The van der Waals surface area contributed by atoms with Crippen LogP contribution in [0.5, 0.6) is 5.75 Å². The quantitative estimate of drug-likeness (QED) is 0.170. The van der Waals surface area contributed by atoms with Gasteiger partial charge in [-0.15, -0.1) is 12.6 Å². The summed E-state index contributed by atoms with van der Waals surface area (Å²) in [6.07, 6.45) is 7.22. The van der Waals surface area contributed by atoms with Crippen LogP contribution in [0.4, 0.5) is 11.4 Å². The number of fused-ring (bicyclic) bond motifs is 1. The van der Waals surface area contributed by atoms with Gasteiger partial charge in [-0.2, -0.15) is 0 Å². The number of hydrogen-bond donors (Lipinski definition) is 2. The van der Waals surface area contributed by atoms with Crippen LogP contribution in [0.1, 0.15) is 44.6 Å². The van der Waals surface area contributed by atoms with Crippen LogP contribution in [-0.2, 0) is 14.3 Å². The van der Waals surface area contributed by atoms with E-state index in [-0.39, 0.29) is 5.91 Å². The van der Waals surface area contributed by atoms with Crippen molar-refractivity contribution >= 4 is 36.0 Å². The van der Waals surface area contributed by atoms with Crippen LogP contribution in [0.2, 0.25) is 0 Å². The third-order valence-electron chi connectivity index (χ3n) is 7.83. The molecule has 2 aliphatic rings. The number of anilines is 2. The Kier molecular flexibility index (Phi) is 11.0. The number of ether oxygens (including phenoxy) is 3. The number of nitrogens with one attached hydrogen (secondary N) is 1. The number of benzene rings is 3. The van der Waals surface area contributed by atoms with Crippen LogP contribution >= 0.6 is 12.6 Å². The number of carbonyl (C=O) groups excluding carboxylic acids is 1. The summed E-state index contributed by atoms with van der Waals surface area (Å²) < 4.78 is 17.2. The van der Waals surface area contributed by atoms with Crippen molar-refractivity contribution in [3.05, 3.63) is 77.9 Å². The first-order chi connectivity index (χ1) is 20.6. The van der Waals surface area contributed by atoms with Gasteiger partial charge in [0.1, 0.15) is 12.4 Å². The Labute approximate surface area is 255 Å². The molecule has 2 heterocycles. The summed E-state index contributed by atoms with van der Waals surface area (Å²) in [4.78, 5) is 16.7. The van der Waals surface area contributed by atoms with E-state index in [1.54, 1.807) is 0 Å². The SMILES string of the molecule is CCCCOCCOc1ccc(-c2ccc3c(c2)C=C(C(=O)Nc2ccc(S)cc2)CCN3CC2CCCOC2)cc1. The number of rotatable bonds is 12. The average molecular weight is 587 g/mol. The molecule has 42 heavy (non-hydrogen) atoms. The molecule has 0 saturated carbocycles. The maximum Gasteiger partial charge on any atom is 0.251 e. The fourth-order valence-electron chi connectivity index (χ4n) is 5.47. The van der Waals surface area contributed by atoms with Crippen molar-refractivity contribution in [2.45, 2.75) is 43.9 Å². The number of thiol groups is 1. The molecule has 0 aliphatic carbocycles. The summed E-state index contributed by atoms with van der Waals surface area (Å²) in [5, 5.41) is 3.07. The third-order valence-corrected chi connectivity index (χ3v) is 8.12. The minimum absolute atomic E-state index is 0.0682. The molecule has 1 fully saturated rings. The van der Waals surface area contributed by atoms with Gasteiger partial charge in [0, 0.05) is 48.1 Å². The van der Waals surface area contributed by atoms with Gasteiger partial charge >= 0.3 is 0 Å². The third kappa shape index (κ3) is 8.40. The summed E-state index contributed by atoms with van der Waals surface area (Å²) in [5.41, 5.74) is 5.97. The molecule has 0 radical (unpaired) electrons. The smallest absolute Gasteiger partial charge is 0.251 e. The number of unbranched alkanes of at least 4 members (excludes halogenated alkanes) is 1. The lowest BCUT2D eigenvalue weighted by Gasteiger charge is -2.31. The van der Waals surface area contributed by atoms with Gasteiger partial charge in [0.2, 0.25) is 0 Å². The fourth-order valence-corrected chi connectivity index (χ4v) is 5.62. The van der Waals surface area contributed by atoms with Gasteiger partial charge in [0.15, 0.2) is 0 Å². The van der Waals surface area contributed by atoms with Crippen LogP contribution in [0.3, 0.4) is 0 Å². The van der Waals surface area contributed by atoms with Crippen molar-refractivity contribution in [3.63, 3.8) is 0 Å². The highest BCUT2D eigenvalue weighted by molar-refractivity contribution is 7.80. The predicted octanol–water partition coefficient (Wildman–Crippen LogP) is 7.50. The van der Waals surface area contributed by atoms with E-state index in [0.717, 1.165) is 96.5 Å². The van der Waals surface area contributed by atoms with E-state index in [1.165, 1.54) is 6.42 Å². The summed E-state index contributed by atoms with van der Waals surface area (Å²) >= 11 is 4.36. The Morgan fingerprint density at radius 1 is 1.02 bits per heavy atom. The van der Waals surface area contributed by atoms with E-state index < -0.39 is 0 Å². The highest BCUT2D eigenvalue weighted by atomic mass is 32.1. The largest absolute Gasteiger partial charge is 0.491 e. The highest BCUT2D eigenvalue weighted by Gasteiger charge is 2.24. The second-order valence-electron chi connectivity index (χ2n) is 11.1. The molecule has 6 nitrogen and oxygen atoms in total. The zero-order valence-corrected chi connectivity index (χ0v) is 25.4. The maximum atomic E-state index is 13.4. The standard InChI is InChI=1S/C35H42N2O4S/c1-2-3-18-39-20-21-41-32-11-6-27(7-12-32)28-8-15-34-30(22-28)23-29(35(38)36-31-9-13-33(42)14-10-31)16-17-37(34)24-26-5-4-19-40-25-26/h6-15,22-23,26,42H,2-5,16-21,24-25H2,1H3,(H,36,38). The topological polar surface area (TPSA) is 60.0 Å². The minimum atomic E-state index is -0.0682. The molecule has 5 rings (SSSR count). The molecule has 222 valence electrons. The number of carbonyl (C=O) groups is 1. The summed E-state index contributed by atoms with van der Waals surface area (Å²) in [5.74, 6) is 1.26. The van der Waals surface area contributed by atoms with Crippen molar-refractivity contribution in [2.24, 2.45) is 5.92 Å². The molecule has 1 unspecified atom stereocenters. The van der Waals surface area contributed by atoms with Gasteiger partial charge in [-0.3, -0.25) is 4.79 Å². The first-order valence-corrected chi connectivity index (χ1v) is 15.6. The number of nitrogens with zero attached hydrogens (tertiary/aromatic N) is 1. The first-order valence-electron chi connectivity index (χ1n) is 15.2. The molecule has 1 N–H and O–H groups in total. The highest BCUT2D eigenvalue weighted by Crippen LogP contribution is 2.34. The lowest BCUT2D eigenvalue weighted by atomic mass is 9.98. The Balaban J connectivity index is 1.34. The molecule has 1 amide bonds. The Bertz CT molecular complexity index is 1330. The van der Waals surface area contributed by atoms with Gasteiger partial charge < -0.3 is 24.4 Å². The Morgan fingerprint density at radius 3 is 2.60 bits per heavy atom. The summed E-state index contributed by atoms with van der Waals surface area (Å²) in [7, 11) is 0. The summed E-state index contributed by atoms with van der Waals surface area (Å²) in [6.45, 7) is 7.43. The van der Waals surface area contributed by atoms with E-state index in [1.807, 2.05) is 36.4 Å². The molecular weight excluding hydrogens is 544 g/mol. The monoisotopic (exact) mass is 586 g/mol. The molecule has 1 atom stereocenters. The van der Waals surface area contributed by atoms with Gasteiger partial charge in [0.05, 0.1) is 13.2 Å². The van der Waals surface area contributed by atoms with Crippen molar-refractivity contribution < 1.29 is 19.0 Å². The van der Waals surface area contributed by atoms with Crippen molar-refractivity contribution in [3.8, 4) is 16.9 Å². The molecule has 3 aromatic rings. The molecule has 0 spiro atoms. The number of hydrogen-bond acceptors (Lipinski definition) is 6. The van der Waals surface area contributed by atoms with Crippen LogP contribution < -0.4 is 15.0 Å². The molecule has 0 bridgehead atoms. The van der Waals surface area contributed by atoms with E-state index in [0.29, 0.717) is 25.6 Å². The van der Waals surface area contributed by atoms with Gasteiger partial charge in [-0.25, -0.2) is 0 Å². The van der Waals surface area contributed by atoms with Gasteiger partial charge in [-0.1, -0.05) is 31.5 Å². The van der Waals surface area contributed by atoms with E-state index in [2.05, 4.69) is 66.2 Å². The van der Waals surface area contributed by atoms with Gasteiger partial charge in [-0.05, 0) is 103 Å². The number of amides is 1. The Morgan fingerprint density at radius 2 is 1.83 bits per heavy atom. The lowest BCUT2D eigenvalue weighted by Crippen LogP contribution is -2.34. The first kappa shape index (κ1) is 30.2. The van der Waals surface area contributed by atoms with E-state index in [9.17, 15) is 4.79 Å². The molecule has 0 aromatic heterocycles. The predicted molar refractivity (Wildman–Crippen MR) is 174 cm³/mol. The molecular formula is C35H42N2O4S. The van der Waals surface area contributed by atoms with Crippen molar-refractivity contribution in [1.82, 2.24) is 0 Å². The molecule has 7 heteroatoms. The fraction of sp³-hybridized carbons (Fsp3) is 0.400. The van der Waals surface area contributed by atoms with Crippen LogP contribution in [0.15, 0.2) is 77.2 Å². The molecule has 1 saturated heterocycles. The van der Waals surface area contributed by atoms with Crippen LogP contribution in [0.25, 0.3) is 17.2 Å². The second kappa shape index (κ2) is 15.3. The van der Waals surface area contributed by atoms with Crippen LogP contribution in [0, 0.1) is 5.92 Å². The maximum absolute atomic E-state index is 13.4. The Hall–Kier alpha value is -3.26. The zero-order valence-electron chi connectivity index (χ0n) is 24.5. The summed E-state index contributed by atoms with van der Waals surface area (Å²) in [6, 6.07) is 22.3. The second-order valence-corrected chi connectivity index (χ2v) is 11.6. The lowest BCUT2D eigenvalue weighted by molar-refractivity contribution is -0.112. The van der Waals surface area contributed by atoms with Crippen LogP contribution in [-0.4, -0.2) is 52.0 Å². The zero-order chi connectivity index (χ0) is 29.1. The average Bonchev–Trinajstić information content (AvgIpc) is 3.20. The van der Waals surface area contributed by atoms with Gasteiger partial charge in [0.25, 0.3) is 5.91 Å². The normalized spacial score (nSPS) is 16.8. The molecule has 3 aromatic carbocycles. The minimum Gasteiger partial charge on any atom is -0.491 e. The van der Waals surface area contributed by atoms with Crippen molar-refractivity contribution in [2.75, 3.05) is 56.3 Å². The molecule has 2 aliphatic heterocycles.